The fourth-order valence-electron chi connectivity index (χ4n) is 5.15. The van der Waals surface area contributed by atoms with Gasteiger partial charge in [-0.25, -0.2) is 14.6 Å². The van der Waals surface area contributed by atoms with Crippen molar-refractivity contribution in [2.75, 3.05) is 31.6 Å². The summed E-state index contributed by atoms with van der Waals surface area (Å²) in [4.78, 5) is 37.6. The Kier molecular flexibility index (Phi) is 8.29. The number of benzene rings is 1. The lowest BCUT2D eigenvalue weighted by Gasteiger charge is -2.49. The third kappa shape index (κ3) is 5.72. The molecule has 0 aliphatic carbocycles. The van der Waals surface area contributed by atoms with Crippen molar-refractivity contribution < 1.29 is 22.7 Å². The zero-order chi connectivity index (χ0) is 29.2. The first kappa shape index (κ1) is 28.8. The van der Waals surface area contributed by atoms with Gasteiger partial charge in [-0.3, -0.25) is 9.47 Å². The van der Waals surface area contributed by atoms with Gasteiger partial charge in [0.1, 0.15) is 17.3 Å². The highest BCUT2D eigenvalue weighted by molar-refractivity contribution is 5.86. The summed E-state index contributed by atoms with van der Waals surface area (Å²) < 4.78 is 45.8. The van der Waals surface area contributed by atoms with Crippen molar-refractivity contribution >= 4 is 22.9 Å². The van der Waals surface area contributed by atoms with Gasteiger partial charge in [-0.15, -0.1) is 0 Å². The quantitative estimate of drug-likeness (QED) is 0.489. The Morgan fingerprint density at radius 1 is 1.20 bits per heavy atom. The van der Waals surface area contributed by atoms with E-state index in [4.69, 9.17) is 4.74 Å². The largest absolute Gasteiger partial charge is 0.453 e. The Bertz CT molecular complexity index is 1480. The fraction of sp³-hybridized carbons (Fsp3) is 0.444. The molecule has 212 valence electrons. The normalized spacial score (nSPS) is 18.8. The van der Waals surface area contributed by atoms with Crippen molar-refractivity contribution in [1.29, 1.82) is 5.26 Å². The molecule has 13 heteroatoms. The van der Waals surface area contributed by atoms with Gasteiger partial charge in [0.05, 0.1) is 24.2 Å². The number of alkyl carbamates (subject to hydrolysis) is 1. The van der Waals surface area contributed by atoms with E-state index in [1.165, 1.54) is 23.8 Å². The molecule has 0 radical (unpaired) electrons. The molecular formula is C27H30F3N7O3. The molecule has 4 rings (SSSR count). The van der Waals surface area contributed by atoms with Crippen molar-refractivity contribution in [3.8, 4) is 6.07 Å². The molecule has 1 aromatic carbocycles. The van der Waals surface area contributed by atoms with Crippen molar-refractivity contribution in [2.45, 2.75) is 44.6 Å². The molecule has 1 amide bonds. The number of hydrogen-bond donors (Lipinski definition) is 1. The van der Waals surface area contributed by atoms with Gasteiger partial charge in [-0.2, -0.15) is 23.4 Å². The number of hydrogen-bond acceptors (Lipinski definition) is 8. The van der Waals surface area contributed by atoms with Gasteiger partial charge in [0.2, 0.25) is 0 Å². The summed E-state index contributed by atoms with van der Waals surface area (Å²) in [7, 11) is 2.83. The van der Waals surface area contributed by atoms with E-state index >= 15 is 0 Å². The number of carbonyl (C=O) groups is 1. The van der Waals surface area contributed by atoms with Gasteiger partial charge in [-0.1, -0.05) is 19.1 Å². The topological polar surface area (TPSA) is 116 Å². The highest BCUT2D eigenvalue weighted by Crippen LogP contribution is 2.34. The summed E-state index contributed by atoms with van der Waals surface area (Å²) in [5, 5.41) is 12.1. The van der Waals surface area contributed by atoms with Gasteiger partial charge in [-0.05, 0) is 43.2 Å². The average molecular weight is 558 g/mol. The van der Waals surface area contributed by atoms with Crippen molar-refractivity contribution in [1.82, 2.24) is 24.8 Å². The molecule has 1 aliphatic heterocycles. The first-order valence-corrected chi connectivity index (χ1v) is 12.8. The second-order valence-corrected chi connectivity index (χ2v) is 9.72. The zero-order valence-electron chi connectivity index (χ0n) is 22.6. The van der Waals surface area contributed by atoms with E-state index in [9.17, 15) is 28.0 Å². The molecule has 2 aromatic heterocycles. The van der Waals surface area contributed by atoms with Crippen LogP contribution in [0.25, 0.3) is 11.0 Å². The molecule has 10 nitrogen and oxygen atoms in total. The van der Waals surface area contributed by atoms with Crippen molar-refractivity contribution in [3.63, 3.8) is 0 Å². The number of aromatic nitrogens is 3. The van der Waals surface area contributed by atoms with Crippen LogP contribution >= 0.6 is 0 Å². The number of nitriles is 1. The molecule has 1 saturated heterocycles. The van der Waals surface area contributed by atoms with E-state index in [2.05, 4.69) is 20.2 Å². The lowest BCUT2D eigenvalue weighted by molar-refractivity contribution is -0.137. The second kappa shape index (κ2) is 11.5. The standard InChI is InChI=1S/C27H30F3N7O3/c1-5-20-15-36(24-23-21(35(3)25(38)34-24)11-10-19(12-31)33-23)16(2)14-37(20)22(13-32-26(39)40-4)17-6-8-18(9-7-17)27(28,29)30/h6-11,16,20,22H,5,13-15H2,1-4H3,(H,32,39)/t16-,20+,22?/m0/s1. The highest BCUT2D eigenvalue weighted by Gasteiger charge is 2.38. The fourth-order valence-corrected chi connectivity index (χ4v) is 5.15. The third-order valence-electron chi connectivity index (χ3n) is 7.33. The maximum absolute atomic E-state index is 13.2. The predicted molar refractivity (Wildman–Crippen MR) is 142 cm³/mol. The van der Waals surface area contributed by atoms with E-state index in [-0.39, 0.29) is 24.3 Å². The average Bonchev–Trinajstić information content (AvgIpc) is 2.94. The van der Waals surface area contributed by atoms with Gasteiger partial charge < -0.3 is 15.0 Å². The molecule has 1 fully saturated rings. The molecule has 1 aliphatic rings. The van der Waals surface area contributed by atoms with Crippen LogP contribution in [0.15, 0.2) is 41.2 Å². The zero-order valence-corrected chi connectivity index (χ0v) is 22.6. The van der Waals surface area contributed by atoms with E-state index in [1.54, 1.807) is 19.2 Å². The van der Waals surface area contributed by atoms with Crippen LogP contribution in [0, 0.1) is 11.3 Å². The molecule has 0 spiro atoms. The van der Waals surface area contributed by atoms with E-state index in [0.717, 1.165) is 12.1 Å². The molecule has 0 bridgehead atoms. The summed E-state index contributed by atoms with van der Waals surface area (Å²) in [6.45, 7) is 4.94. The molecule has 40 heavy (non-hydrogen) atoms. The second-order valence-electron chi connectivity index (χ2n) is 9.72. The van der Waals surface area contributed by atoms with Crippen LogP contribution in [-0.2, 0) is 18.0 Å². The van der Waals surface area contributed by atoms with E-state index in [0.29, 0.717) is 41.9 Å². The number of halogens is 3. The highest BCUT2D eigenvalue weighted by atomic mass is 19.4. The van der Waals surface area contributed by atoms with Gasteiger partial charge in [0, 0.05) is 38.8 Å². The predicted octanol–water partition coefficient (Wildman–Crippen LogP) is 3.61. The van der Waals surface area contributed by atoms with Crippen LogP contribution in [0.2, 0.25) is 0 Å². The Morgan fingerprint density at radius 3 is 2.50 bits per heavy atom. The number of anilines is 1. The van der Waals surface area contributed by atoms with Crippen LogP contribution < -0.4 is 15.9 Å². The van der Waals surface area contributed by atoms with Gasteiger partial charge in [0.25, 0.3) is 0 Å². The van der Waals surface area contributed by atoms with Crippen LogP contribution in [0.5, 0.6) is 0 Å². The molecule has 3 atom stereocenters. The Balaban J connectivity index is 1.72. The summed E-state index contributed by atoms with van der Waals surface area (Å²) >= 11 is 0. The lowest BCUT2D eigenvalue weighted by atomic mass is 9.96. The van der Waals surface area contributed by atoms with Crippen LogP contribution in [0.3, 0.4) is 0 Å². The summed E-state index contributed by atoms with van der Waals surface area (Å²) in [5.74, 6) is 0.375. The Hall–Kier alpha value is -4.18. The minimum Gasteiger partial charge on any atom is -0.453 e. The molecular weight excluding hydrogens is 527 g/mol. The minimum atomic E-state index is -4.47. The van der Waals surface area contributed by atoms with E-state index in [1.807, 2.05) is 24.8 Å². The number of rotatable bonds is 6. The lowest BCUT2D eigenvalue weighted by Crippen LogP contribution is -2.59. The number of pyridine rings is 1. The van der Waals surface area contributed by atoms with Gasteiger partial charge >= 0.3 is 18.0 Å². The smallest absolute Gasteiger partial charge is 0.416 e. The monoisotopic (exact) mass is 557 g/mol. The number of methoxy groups -OCH3 is 1. The number of nitrogens with zero attached hydrogens (tertiary/aromatic N) is 6. The SMILES string of the molecule is CC[C@@H]1CN(c2nc(=O)n(C)c3ccc(C#N)nc23)[C@@H](C)CN1C(CNC(=O)OC)c1ccc(C(F)(F)F)cc1. The van der Waals surface area contributed by atoms with Crippen LogP contribution in [0.4, 0.5) is 23.8 Å². The number of piperazine rings is 1. The summed E-state index contributed by atoms with van der Waals surface area (Å²) in [6.07, 6.45) is -4.45. The number of alkyl halides is 3. The molecule has 0 saturated carbocycles. The number of aryl methyl sites for hydroxylation is 1. The summed E-state index contributed by atoms with van der Waals surface area (Å²) in [6, 6.07) is 9.41. The molecule has 3 heterocycles. The minimum absolute atomic E-state index is 0.113. The number of ether oxygens (including phenoxy) is 1. The third-order valence-corrected chi connectivity index (χ3v) is 7.33. The number of amides is 1. The van der Waals surface area contributed by atoms with Crippen molar-refractivity contribution in [2.24, 2.45) is 7.05 Å². The van der Waals surface area contributed by atoms with Crippen molar-refractivity contribution in [3.05, 3.63) is 63.7 Å². The molecule has 1 N–H and O–H groups in total. The molecule has 1 unspecified atom stereocenters. The van der Waals surface area contributed by atoms with Crippen LogP contribution in [0.1, 0.15) is 43.1 Å². The van der Waals surface area contributed by atoms with E-state index < -0.39 is 29.6 Å². The number of carbonyl (C=O) groups excluding carboxylic acids is 1. The van der Waals surface area contributed by atoms with Gasteiger partial charge in [0.15, 0.2) is 5.82 Å². The maximum atomic E-state index is 13.2. The molecule has 3 aromatic rings. The number of fused-ring (bicyclic) bond motifs is 1. The first-order chi connectivity index (χ1) is 19.0. The Morgan fingerprint density at radius 2 is 1.90 bits per heavy atom. The number of nitrogens with one attached hydrogen (secondary N) is 1. The van der Waals surface area contributed by atoms with Crippen LogP contribution in [-0.4, -0.2) is 64.4 Å². The Labute approximate surface area is 229 Å². The summed E-state index contributed by atoms with van der Waals surface area (Å²) in [5.41, 5.74) is 0.574. The maximum Gasteiger partial charge on any atom is 0.416 e. The first-order valence-electron chi connectivity index (χ1n) is 12.8.